The monoisotopic (exact) mass is 390 g/mol. The first-order chi connectivity index (χ1) is 12.8. The van der Waals surface area contributed by atoms with Crippen LogP contribution in [0.4, 0.5) is 4.39 Å². The van der Waals surface area contributed by atoms with E-state index in [9.17, 15) is 17.6 Å². The smallest absolute Gasteiger partial charge is 0.225 e. The molecule has 1 aliphatic rings. The third-order valence-corrected chi connectivity index (χ3v) is 6.12. The Morgan fingerprint density at radius 1 is 1.11 bits per heavy atom. The maximum atomic E-state index is 13.3. The third kappa shape index (κ3) is 4.93. The lowest BCUT2D eigenvalue weighted by atomic mass is 9.95. The highest BCUT2D eigenvalue weighted by molar-refractivity contribution is 7.88. The molecule has 1 saturated heterocycles. The van der Waals surface area contributed by atoms with Crippen LogP contribution in [-0.4, -0.2) is 38.0 Å². The Labute approximate surface area is 159 Å². The third-order valence-electron chi connectivity index (χ3n) is 4.85. The van der Waals surface area contributed by atoms with E-state index in [0.29, 0.717) is 19.4 Å². The molecule has 0 aliphatic carbocycles. The summed E-state index contributed by atoms with van der Waals surface area (Å²) in [4.78, 5) is 12.9. The molecule has 27 heavy (non-hydrogen) atoms. The zero-order valence-electron chi connectivity index (χ0n) is 15.1. The molecule has 2 atom stereocenters. The van der Waals surface area contributed by atoms with Crippen LogP contribution in [0.3, 0.4) is 0 Å². The van der Waals surface area contributed by atoms with Gasteiger partial charge in [0.05, 0.1) is 18.2 Å². The topological polar surface area (TPSA) is 66.5 Å². The number of nitrogens with one attached hydrogen (secondary N) is 1. The quantitative estimate of drug-likeness (QED) is 0.854. The number of halogens is 1. The number of amides is 1. The second-order valence-electron chi connectivity index (χ2n) is 6.86. The molecule has 1 fully saturated rings. The van der Waals surface area contributed by atoms with Gasteiger partial charge in [0.15, 0.2) is 0 Å². The van der Waals surface area contributed by atoms with E-state index in [4.69, 9.17) is 0 Å². The minimum absolute atomic E-state index is 0.190. The number of hydrogen-bond donors (Lipinski definition) is 1. The standard InChI is InChI=1S/C20H23FN2O3S/c1-27(25,26)23-13-5-8-17(14-23)20(24)22-19(15-6-3-2-4-7-15)16-9-11-18(21)12-10-16/h2-4,6-7,9-12,17,19H,5,8,13-14H2,1H3,(H,22,24). The van der Waals surface area contributed by atoms with Gasteiger partial charge in [-0.25, -0.2) is 17.1 Å². The molecule has 2 aromatic rings. The molecule has 0 aromatic heterocycles. The average molecular weight is 390 g/mol. The molecule has 0 radical (unpaired) electrons. The summed E-state index contributed by atoms with van der Waals surface area (Å²) in [5, 5.41) is 3.03. The number of hydrogen-bond acceptors (Lipinski definition) is 3. The molecular formula is C20H23FN2O3S. The molecule has 3 rings (SSSR count). The van der Waals surface area contributed by atoms with Crippen LogP contribution < -0.4 is 5.32 Å². The average Bonchev–Trinajstić information content (AvgIpc) is 2.67. The number of rotatable bonds is 5. The van der Waals surface area contributed by atoms with E-state index in [1.54, 1.807) is 12.1 Å². The highest BCUT2D eigenvalue weighted by atomic mass is 32.2. The van der Waals surface area contributed by atoms with Crippen molar-refractivity contribution in [1.29, 1.82) is 0 Å². The van der Waals surface area contributed by atoms with E-state index in [-0.39, 0.29) is 18.3 Å². The van der Waals surface area contributed by atoms with Gasteiger partial charge >= 0.3 is 0 Å². The fourth-order valence-electron chi connectivity index (χ4n) is 3.38. The van der Waals surface area contributed by atoms with Crippen LogP contribution in [0.1, 0.15) is 30.0 Å². The van der Waals surface area contributed by atoms with E-state index in [2.05, 4.69) is 5.32 Å². The number of sulfonamides is 1. The molecule has 1 amide bonds. The molecule has 5 nitrogen and oxygen atoms in total. The van der Waals surface area contributed by atoms with Crippen molar-refractivity contribution in [2.75, 3.05) is 19.3 Å². The Balaban J connectivity index is 1.81. The van der Waals surface area contributed by atoms with E-state index in [1.165, 1.54) is 22.7 Å². The highest BCUT2D eigenvalue weighted by Gasteiger charge is 2.31. The molecule has 0 spiro atoms. The predicted octanol–water partition coefficient (Wildman–Crippen LogP) is 2.70. The molecular weight excluding hydrogens is 367 g/mol. The van der Waals surface area contributed by atoms with Gasteiger partial charge in [0.25, 0.3) is 0 Å². The van der Waals surface area contributed by atoms with Crippen molar-refractivity contribution in [3.63, 3.8) is 0 Å². The Bertz CT molecular complexity index is 885. The fraction of sp³-hybridized carbons (Fsp3) is 0.350. The normalized spacial score (nSPS) is 19.4. The van der Waals surface area contributed by atoms with Crippen molar-refractivity contribution < 1.29 is 17.6 Å². The summed E-state index contributed by atoms with van der Waals surface area (Å²) in [7, 11) is -3.32. The molecule has 0 saturated carbocycles. The van der Waals surface area contributed by atoms with Gasteiger partial charge in [-0.1, -0.05) is 42.5 Å². The number of carbonyl (C=O) groups is 1. The second-order valence-corrected chi connectivity index (χ2v) is 8.85. The van der Waals surface area contributed by atoms with Gasteiger partial charge in [0.1, 0.15) is 5.82 Å². The van der Waals surface area contributed by atoms with Crippen LogP contribution >= 0.6 is 0 Å². The molecule has 0 bridgehead atoms. The molecule has 144 valence electrons. The van der Waals surface area contributed by atoms with Gasteiger partial charge in [-0.2, -0.15) is 0 Å². The van der Waals surface area contributed by atoms with Crippen LogP contribution in [0.2, 0.25) is 0 Å². The van der Waals surface area contributed by atoms with Crippen molar-refractivity contribution in [3.05, 3.63) is 71.5 Å². The first kappa shape index (κ1) is 19.5. The summed E-state index contributed by atoms with van der Waals surface area (Å²) < 4.78 is 38.3. The SMILES string of the molecule is CS(=O)(=O)N1CCCC(C(=O)NC(c2ccccc2)c2ccc(F)cc2)C1. The molecule has 1 N–H and O–H groups in total. The van der Waals surface area contributed by atoms with Crippen molar-refractivity contribution in [1.82, 2.24) is 9.62 Å². The number of carbonyl (C=O) groups excluding carboxylic acids is 1. The maximum Gasteiger partial charge on any atom is 0.225 e. The first-order valence-electron chi connectivity index (χ1n) is 8.90. The van der Waals surface area contributed by atoms with Crippen LogP contribution in [0.15, 0.2) is 54.6 Å². The Hall–Kier alpha value is -2.25. The molecule has 2 aromatic carbocycles. The van der Waals surface area contributed by atoms with E-state index < -0.39 is 22.0 Å². The van der Waals surface area contributed by atoms with Crippen molar-refractivity contribution >= 4 is 15.9 Å². The summed E-state index contributed by atoms with van der Waals surface area (Å²) in [5.41, 5.74) is 1.65. The lowest BCUT2D eigenvalue weighted by Crippen LogP contribution is -2.45. The van der Waals surface area contributed by atoms with Gasteiger partial charge in [-0.3, -0.25) is 4.79 Å². The van der Waals surface area contributed by atoms with Crippen molar-refractivity contribution in [3.8, 4) is 0 Å². The molecule has 7 heteroatoms. The number of benzene rings is 2. The summed E-state index contributed by atoms with van der Waals surface area (Å²) in [6, 6.07) is 15.1. The van der Waals surface area contributed by atoms with Gasteiger partial charge in [-0.05, 0) is 36.1 Å². The summed E-state index contributed by atoms with van der Waals surface area (Å²) in [5.74, 6) is -0.936. The zero-order chi connectivity index (χ0) is 19.4. The van der Waals surface area contributed by atoms with Crippen LogP contribution in [0, 0.1) is 11.7 Å². The van der Waals surface area contributed by atoms with Gasteiger partial charge in [0.2, 0.25) is 15.9 Å². The minimum Gasteiger partial charge on any atom is -0.345 e. The van der Waals surface area contributed by atoms with Gasteiger partial charge in [-0.15, -0.1) is 0 Å². The van der Waals surface area contributed by atoms with Crippen molar-refractivity contribution in [2.45, 2.75) is 18.9 Å². The zero-order valence-corrected chi connectivity index (χ0v) is 16.0. The largest absolute Gasteiger partial charge is 0.345 e. The van der Waals surface area contributed by atoms with Crippen LogP contribution in [-0.2, 0) is 14.8 Å². The summed E-state index contributed by atoms with van der Waals surface area (Å²) >= 11 is 0. The Kier molecular flexibility index (Phi) is 5.92. The summed E-state index contributed by atoms with van der Waals surface area (Å²) in [6.45, 7) is 0.637. The van der Waals surface area contributed by atoms with Crippen molar-refractivity contribution in [2.24, 2.45) is 5.92 Å². The predicted molar refractivity (Wildman–Crippen MR) is 102 cm³/mol. The Morgan fingerprint density at radius 2 is 1.74 bits per heavy atom. The number of piperidine rings is 1. The molecule has 2 unspecified atom stereocenters. The highest BCUT2D eigenvalue weighted by Crippen LogP contribution is 2.25. The van der Waals surface area contributed by atoms with Gasteiger partial charge < -0.3 is 5.32 Å². The molecule has 1 heterocycles. The second kappa shape index (κ2) is 8.19. The van der Waals surface area contributed by atoms with E-state index in [1.807, 2.05) is 30.3 Å². The summed E-state index contributed by atoms with van der Waals surface area (Å²) in [6.07, 6.45) is 2.46. The number of nitrogens with zero attached hydrogens (tertiary/aromatic N) is 1. The van der Waals surface area contributed by atoms with Gasteiger partial charge in [0, 0.05) is 13.1 Å². The van der Waals surface area contributed by atoms with Crippen LogP contribution in [0.5, 0.6) is 0 Å². The van der Waals surface area contributed by atoms with E-state index >= 15 is 0 Å². The Morgan fingerprint density at radius 3 is 2.37 bits per heavy atom. The minimum atomic E-state index is -3.32. The lowest BCUT2D eigenvalue weighted by molar-refractivity contribution is -0.126. The maximum absolute atomic E-state index is 13.3. The lowest BCUT2D eigenvalue weighted by Gasteiger charge is -2.31. The van der Waals surface area contributed by atoms with Crippen LogP contribution in [0.25, 0.3) is 0 Å². The van der Waals surface area contributed by atoms with E-state index in [0.717, 1.165) is 11.1 Å². The molecule has 1 aliphatic heterocycles. The fourth-order valence-corrected chi connectivity index (χ4v) is 4.29. The first-order valence-corrected chi connectivity index (χ1v) is 10.8.